The van der Waals surface area contributed by atoms with Crippen molar-refractivity contribution in [2.24, 2.45) is 0 Å². The Morgan fingerprint density at radius 1 is 0.846 bits per heavy atom. The van der Waals surface area contributed by atoms with Crippen LogP contribution in [0.3, 0.4) is 0 Å². The van der Waals surface area contributed by atoms with E-state index >= 15 is 0 Å². The van der Waals surface area contributed by atoms with E-state index in [0.29, 0.717) is 0 Å². The van der Waals surface area contributed by atoms with Crippen molar-refractivity contribution in [3.05, 3.63) is 53.9 Å². The van der Waals surface area contributed by atoms with Gasteiger partial charge in [0.1, 0.15) is 0 Å². The third kappa shape index (κ3) is 1.50. The number of para-hydroxylation sites is 1. The van der Waals surface area contributed by atoms with E-state index in [9.17, 15) is 0 Å². The summed E-state index contributed by atoms with van der Waals surface area (Å²) in [6.45, 7) is 4.27. The molecule has 0 spiro atoms. The first kappa shape index (κ1) is 8.11. The Bertz CT molecular complexity index is 379. The highest BCUT2D eigenvalue weighted by molar-refractivity contribution is 5.35. The molecule has 0 aliphatic carbocycles. The van der Waals surface area contributed by atoms with E-state index in [0.717, 1.165) is 0 Å². The van der Waals surface area contributed by atoms with Crippen molar-refractivity contribution >= 4 is 0 Å². The van der Waals surface area contributed by atoms with Crippen molar-refractivity contribution in [2.75, 3.05) is 0 Å². The third-order valence-electron chi connectivity index (χ3n) is 2.34. The zero-order chi connectivity index (χ0) is 9.26. The van der Waals surface area contributed by atoms with E-state index in [1.807, 2.05) is 6.07 Å². The molecule has 0 N–H and O–H groups in total. The molecule has 0 aliphatic heterocycles. The summed E-state index contributed by atoms with van der Waals surface area (Å²) >= 11 is 0. The van der Waals surface area contributed by atoms with Crippen LogP contribution in [-0.2, 0) is 0 Å². The van der Waals surface area contributed by atoms with Gasteiger partial charge in [0.2, 0.25) is 0 Å². The summed E-state index contributed by atoms with van der Waals surface area (Å²) in [6, 6.07) is 10.4. The Hall–Kier alpha value is -1.50. The van der Waals surface area contributed by atoms with Gasteiger partial charge in [-0.1, -0.05) is 18.2 Å². The lowest BCUT2D eigenvalue weighted by Crippen LogP contribution is -1.87. The minimum atomic E-state index is 1.22. The van der Waals surface area contributed by atoms with Crippen molar-refractivity contribution in [1.29, 1.82) is 0 Å². The summed E-state index contributed by atoms with van der Waals surface area (Å²) in [5, 5.41) is 0. The van der Waals surface area contributed by atoms with Crippen molar-refractivity contribution in [2.45, 2.75) is 13.8 Å². The lowest BCUT2D eigenvalue weighted by molar-refractivity contribution is 1.07. The summed E-state index contributed by atoms with van der Waals surface area (Å²) in [6.07, 6.45) is 4.31. The Kier molecular flexibility index (Phi) is 1.93. The van der Waals surface area contributed by atoms with Gasteiger partial charge in [0, 0.05) is 18.1 Å². The van der Waals surface area contributed by atoms with E-state index < -0.39 is 0 Å². The van der Waals surface area contributed by atoms with E-state index in [4.69, 9.17) is 0 Å². The zero-order valence-corrected chi connectivity index (χ0v) is 7.99. The van der Waals surface area contributed by atoms with Crippen molar-refractivity contribution < 1.29 is 0 Å². The molecule has 2 aromatic rings. The van der Waals surface area contributed by atoms with Crippen molar-refractivity contribution in [3.8, 4) is 5.69 Å². The van der Waals surface area contributed by atoms with Crippen LogP contribution in [-0.4, -0.2) is 4.57 Å². The van der Waals surface area contributed by atoms with Gasteiger partial charge in [-0.3, -0.25) is 0 Å². The average molecular weight is 171 g/mol. The summed E-state index contributed by atoms with van der Waals surface area (Å²) in [7, 11) is 0. The highest BCUT2D eigenvalue weighted by atomic mass is 14.9. The lowest BCUT2D eigenvalue weighted by atomic mass is 10.2. The monoisotopic (exact) mass is 171 g/mol. The smallest absolute Gasteiger partial charge is 0.0449 e. The number of rotatable bonds is 1. The molecule has 0 fully saturated rings. The zero-order valence-electron chi connectivity index (χ0n) is 7.99. The van der Waals surface area contributed by atoms with Crippen LogP contribution in [0.5, 0.6) is 0 Å². The molecule has 66 valence electrons. The van der Waals surface area contributed by atoms with Crippen LogP contribution >= 0.6 is 0 Å². The van der Waals surface area contributed by atoms with Gasteiger partial charge in [-0.15, -0.1) is 0 Å². The first-order chi connectivity index (χ1) is 6.27. The van der Waals surface area contributed by atoms with Crippen LogP contribution in [0.4, 0.5) is 0 Å². The van der Waals surface area contributed by atoms with E-state index in [2.05, 4.69) is 55.1 Å². The van der Waals surface area contributed by atoms with Gasteiger partial charge in [-0.05, 0) is 37.1 Å². The minimum absolute atomic E-state index is 1.22. The second-order valence-electron chi connectivity index (χ2n) is 3.37. The molecule has 0 amide bonds. The SMILES string of the molecule is Cc1cn(-c2ccccc2)cc1C. The molecule has 0 radical (unpaired) electrons. The highest BCUT2D eigenvalue weighted by Gasteiger charge is 1.98. The van der Waals surface area contributed by atoms with Crippen molar-refractivity contribution in [3.63, 3.8) is 0 Å². The molecule has 0 atom stereocenters. The van der Waals surface area contributed by atoms with Crippen molar-refractivity contribution in [1.82, 2.24) is 4.57 Å². The Morgan fingerprint density at radius 2 is 1.38 bits per heavy atom. The van der Waals surface area contributed by atoms with Crippen LogP contribution in [0.25, 0.3) is 5.69 Å². The van der Waals surface area contributed by atoms with Crippen LogP contribution in [0.2, 0.25) is 0 Å². The second kappa shape index (κ2) is 3.09. The van der Waals surface area contributed by atoms with Gasteiger partial charge in [-0.2, -0.15) is 0 Å². The summed E-state index contributed by atoms with van der Waals surface area (Å²) in [5.41, 5.74) is 3.89. The number of aromatic nitrogens is 1. The highest BCUT2D eigenvalue weighted by Crippen LogP contribution is 2.13. The number of aryl methyl sites for hydroxylation is 2. The molecule has 1 aromatic heterocycles. The molecule has 13 heavy (non-hydrogen) atoms. The molecule has 2 rings (SSSR count). The van der Waals surface area contributed by atoms with Crippen LogP contribution in [0, 0.1) is 13.8 Å². The van der Waals surface area contributed by atoms with Gasteiger partial charge < -0.3 is 4.57 Å². The second-order valence-corrected chi connectivity index (χ2v) is 3.37. The largest absolute Gasteiger partial charge is 0.323 e. The Balaban J connectivity index is 2.48. The molecule has 0 saturated heterocycles. The average Bonchev–Trinajstić information content (AvgIpc) is 2.49. The normalized spacial score (nSPS) is 10.3. The van der Waals surface area contributed by atoms with E-state index in [1.54, 1.807) is 0 Å². The lowest BCUT2D eigenvalue weighted by Gasteiger charge is -2.00. The molecular formula is C12H13N. The van der Waals surface area contributed by atoms with Gasteiger partial charge in [0.15, 0.2) is 0 Å². The molecule has 0 bridgehead atoms. The molecular weight excluding hydrogens is 158 g/mol. The summed E-state index contributed by atoms with van der Waals surface area (Å²) in [4.78, 5) is 0. The fourth-order valence-corrected chi connectivity index (χ4v) is 1.41. The molecule has 1 heterocycles. The fourth-order valence-electron chi connectivity index (χ4n) is 1.41. The van der Waals surface area contributed by atoms with Crippen LogP contribution < -0.4 is 0 Å². The number of hydrogen-bond acceptors (Lipinski definition) is 0. The predicted molar refractivity (Wildman–Crippen MR) is 55.2 cm³/mol. The number of hydrogen-bond donors (Lipinski definition) is 0. The maximum Gasteiger partial charge on any atom is 0.0449 e. The summed E-state index contributed by atoms with van der Waals surface area (Å²) in [5.74, 6) is 0. The summed E-state index contributed by atoms with van der Waals surface area (Å²) < 4.78 is 2.16. The van der Waals surface area contributed by atoms with Crippen LogP contribution in [0.15, 0.2) is 42.7 Å². The topological polar surface area (TPSA) is 4.93 Å². The molecule has 1 heteroatoms. The first-order valence-electron chi connectivity index (χ1n) is 4.48. The minimum Gasteiger partial charge on any atom is -0.323 e. The first-order valence-corrected chi connectivity index (χ1v) is 4.48. The quantitative estimate of drug-likeness (QED) is 0.621. The molecule has 0 unspecified atom stereocenters. The predicted octanol–water partition coefficient (Wildman–Crippen LogP) is 3.09. The van der Waals surface area contributed by atoms with Crippen LogP contribution in [0.1, 0.15) is 11.1 Å². The third-order valence-corrected chi connectivity index (χ3v) is 2.34. The van der Waals surface area contributed by atoms with E-state index in [1.165, 1.54) is 16.8 Å². The van der Waals surface area contributed by atoms with Gasteiger partial charge in [0.25, 0.3) is 0 Å². The maximum absolute atomic E-state index is 2.16. The number of nitrogens with zero attached hydrogens (tertiary/aromatic N) is 1. The molecule has 1 nitrogen and oxygen atoms in total. The van der Waals surface area contributed by atoms with Gasteiger partial charge in [0.05, 0.1) is 0 Å². The van der Waals surface area contributed by atoms with E-state index in [-0.39, 0.29) is 0 Å². The Morgan fingerprint density at radius 3 is 1.92 bits per heavy atom. The standard InChI is InChI=1S/C12H13N/c1-10-8-13(9-11(10)2)12-6-4-3-5-7-12/h3-9H,1-2H3. The fraction of sp³-hybridized carbons (Fsp3) is 0.167. The molecule has 1 aromatic carbocycles. The van der Waals surface area contributed by atoms with Gasteiger partial charge in [-0.25, -0.2) is 0 Å². The van der Waals surface area contributed by atoms with Gasteiger partial charge >= 0.3 is 0 Å². The molecule has 0 aliphatic rings. The Labute approximate surface area is 78.6 Å². The number of benzene rings is 1. The maximum atomic E-state index is 2.16. The molecule has 0 saturated carbocycles.